The zero-order valence-corrected chi connectivity index (χ0v) is 11.4. The Kier molecular flexibility index (Phi) is 4.73. The molecule has 6 heteroatoms. The van der Waals surface area contributed by atoms with Crippen LogP contribution >= 0.6 is 0 Å². The first-order valence-corrected chi connectivity index (χ1v) is 6.58. The number of nitrogen functional groups attached to an aromatic ring is 1. The number of fused-ring (bicyclic) bond motifs is 1. The molecule has 0 aliphatic rings. The number of rotatable bonds is 6. The molecular formula is C15H17N3O3. The van der Waals surface area contributed by atoms with Crippen molar-refractivity contribution in [1.82, 2.24) is 10.6 Å². The van der Waals surface area contributed by atoms with Gasteiger partial charge in [0.1, 0.15) is 12.0 Å². The summed E-state index contributed by atoms with van der Waals surface area (Å²) in [6.45, 7) is 1.05. The van der Waals surface area contributed by atoms with Crippen molar-refractivity contribution in [2.75, 3.05) is 25.4 Å². The van der Waals surface area contributed by atoms with E-state index in [2.05, 4.69) is 10.6 Å². The lowest BCUT2D eigenvalue weighted by Crippen LogP contribution is -2.32. The molecule has 2 aromatic carbocycles. The molecule has 0 fully saturated rings. The number of aldehydes is 1. The van der Waals surface area contributed by atoms with Crippen LogP contribution in [0.1, 0.15) is 10.4 Å². The van der Waals surface area contributed by atoms with Crippen LogP contribution in [0.4, 0.5) is 5.69 Å². The maximum atomic E-state index is 12.1. The van der Waals surface area contributed by atoms with E-state index in [1.807, 2.05) is 6.07 Å². The van der Waals surface area contributed by atoms with E-state index in [4.69, 9.17) is 5.73 Å². The van der Waals surface area contributed by atoms with Crippen LogP contribution in [-0.2, 0) is 4.79 Å². The highest BCUT2D eigenvalue weighted by molar-refractivity contribution is 6.07. The summed E-state index contributed by atoms with van der Waals surface area (Å²) in [4.78, 5) is 22.2. The topological polar surface area (TPSA) is 104 Å². The van der Waals surface area contributed by atoms with Crippen LogP contribution in [0.2, 0.25) is 0 Å². The first-order chi connectivity index (χ1) is 10.1. The van der Waals surface area contributed by atoms with Gasteiger partial charge in [-0.25, -0.2) is 0 Å². The Morgan fingerprint density at radius 2 is 1.95 bits per heavy atom. The summed E-state index contributed by atoms with van der Waals surface area (Å²) in [5, 5.41) is 16.9. The molecule has 2 rings (SSSR count). The number of anilines is 1. The minimum atomic E-state index is -0.405. The van der Waals surface area contributed by atoms with E-state index in [9.17, 15) is 14.7 Å². The predicted octanol–water partition coefficient (Wildman–Crippen LogP) is 0.646. The number of nitrogens with two attached hydrogens (primary N) is 1. The third-order valence-corrected chi connectivity index (χ3v) is 3.11. The van der Waals surface area contributed by atoms with E-state index in [1.165, 1.54) is 6.07 Å². The van der Waals surface area contributed by atoms with E-state index >= 15 is 0 Å². The van der Waals surface area contributed by atoms with Crippen LogP contribution in [0.3, 0.4) is 0 Å². The van der Waals surface area contributed by atoms with Crippen LogP contribution < -0.4 is 16.4 Å². The number of hydrogen-bond donors (Lipinski definition) is 4. The molecule has 0 heterocycles. The maximum absolute atomic E-state index is 12.1. The van der Waals surface area contributed by atoms with Crippen molar-refractivity contribution in [1.29, 1.82) is 0 Å². The van der Waals surface area contributed by atoms with Crippen molar-refractivity contribution in [3.63, 3.8) is 0 Å². The van der Waals surface area contributed by atoms with Gasteiger partial charge in [-0.3, -0.25) is 4.79 Å². The number of phenols is 1. The van der Waals surface area contributed by atoms with E-state index in [0.717, 1.165) is 6.29 Å². The highest BCUT2D eigenvalue weighted by Crippen LogP contribution is 2.32. The lowest BCUT2D eigenvalue weighted by Gasteiger charge is -2.11. The van der Waals surface area contributed by atoms with E-state index in [-0.39, 0.29) is 17.9 Å². The largest absolute Gasteiger partial charge is 0.506 e. The van der Waals surface area contributed by atoms with Gasteiger partial charge in [0.05, 0.1) is 12.1 Å². The van der Waals surface area contributed by atoms with Crippen molar-refractivity contribution in [2.24, 2.45) is 0 Å². The number of hydrogen-bond acceptors (Lipinski definition) is 5. The number of nitrogens with one attached hydrogen (secondary N) is 2. The van der Waals surface area contributed by atoms with Crippen LogP contribution in [-0.4, -0.2) is 36.9 Å². The Balaban J connectivity index is 2.16. The number of carbonyl (C=O) groups is 2. The third-order valence-electron chi connectivity index (χ3n) is 3.11. The van der Waals surface area contributed by atoms with Crippen LogP contribution in [0.5, 0.6) is 5.75 Å². The van der Waals surface area contributed by atoms with Crippen molar-refractivity contribution in [3.05, 3.63) is 35.9 Å². The summed E-state index contributed by atoms with van der Waals surface area (Å²) < 4.78 is 0. The van der Waals surface area contributed by atoms with Gasteiger partial charge in [-0.2, -0.15) is 0 Å². The van der Waals surface area contributed by atoms with Gasteiger partial charge in [0.15, 0.2) is 0 Å². The number of amides is 1. The molecule has 21 heavy (non-hydrogen) atoms. The van der Waals surface area contributed by atoms with Crippen LogP contribution in [0.15, 0.2) is 30.3 Å². The molecule has 0 unspecified atom stereocenters. The second-order valence-corrected chi connectivity index (χ2v) is 4.53. The fourth-order valence-electron chi connectivity index (χ4n) is 2.08. The second kappa shape index (κ2) is 6.71. The molecule has 0 aromatic heterocycles. The van der Waals surface area contributed by atoms with Gasteiger partial charge in [0.2, 0.25) is 0 Å². The highest BCUT2D eigenvalue weighted by atomic mass is 16.3. The molecule has 0 bridgehead atoms. The van der Waals surface area contributed by atoms with Gasteiger partial charge < -0.3 is 26.3 Å². The molecular weight excluding hydrogens is 270 g/mol. The summed E-state index contributed by atoms with van der Waals surface area (Å²) in [5.74, 6) is -0.490. The molecule has 0 radical (unpaired) electrons. The molecule has 0 saturated heterocycles. The number of carbonyl (C=O) groups excluding carboxylic acids is 2. The quantitative estimate of drug-likeness (QED) is 0.270. The Bertz CT molecular complexity index is 671. The monoisotopic (exact) mass is 287 g/mol. The Morgan fingerprint density at radius 1 is 1.24 bits per heavy atom. The average molecular weight is 287 g/mol. The van der Waals surface area contributed by atoms with Crippen LogP contribution in [0.25, 0.3) is 10.8 Å². The van der Waals surface area contributed by atoms with Gasteiger partial charge in [-0.1, -0.05) is 24.3 Å². The lowest BCUT2D eigenvalue weighted by molar-refractivity contribution is -0.107. The summed E-state index contributed by atoms with van der Waals surface area (Å²) >= 11 is 0. The Labute approximate surface area is 121 Å². The van der Waals surface area contributed by atoms with E-state index in [0.29, 0.717) is 29.5 Å². The van der Waals surface area contributed by atoms with Gasteiger partial charge in [-0.05, 0) is 6.07 Å². The number of phenolic OH excluding ortho intramolecular Hbond substituents is 1. The molecule has 5 N–H and O–H groups in total. The zero-order chi connectivity index (χ0) is 15.2. The van der Waals surface area contributed by atoms with Gasteiger partial charge in [-0.15, -0.1) is 0 Å². The molecule has 1 amide bonds. The first kappa shape index (κ1) is 14.8. The molecule has 0 saturated carbocycles. The normalized spacial score (nSPS) is 10.5. The zero-order valence-electron chi connectivity index (χ0n) is 11.4. The highest BCUT2D eigenvalue weighted by Gasteiger charge is 2.15. The van der Waals surface area contributed by atoms with Crippen molar-refractivity contribution >= 4 is 28.7 Å². The fraction of sp³-hybridized carbons (Fsp3) is 0.200. The summed E-state index contributed by atoms with van der Waals surface area (Å²) in [5.41, 5.74) is 6.49. The molecule has 0 spiro atoms. The lowest BCUT2D eigenvalue weighted by atomic mass is 10.0. The maximum Gasteiger partial charge on any atom is 0.255 e. The standard InChI is InChI=1S/C15H17N3O3/c16-13-9-12(15(21)18-6-5-17-7-8-19)14(20)11-4-2-1-3-10(11)13/h1-4,8-9,17,20H,5-7,16H2,(H,18,21). The molecule has 6 nitrogen and oxygen atoms in total. The summed E-state index contributed by atoms with van der Waals surface area (Å²) in [6.07, 6.45) is 0.748. The summed E-state index contributed by atoms with van der Waals surface area (Å²) in [6, 6.07) is 8.55. The molecule has 0 atom stereocenters. The first-order valence-electron chi connectivity index (χ1n) is 6.58. The van der Waals surface area contributed by atoms with Gasteiger partial charge >= 0.3 is 0 Å². The van der Waals surface area contributed by atoms with Gasteiger partial charge in [0.25, 0.3) is 5.91 Å². The predicted molar refractivity (Wildman–Crippen MR) is 81.3 cm³/mol. The van der Waals surface area contributed by atoms with Crippen molar-refractivity contribution in [2.45, 2.75) is 0 Å². The minimum absolute atomic E-state index is 0.0850. The number of benzene rings is 2. The summed E-state index contributed by atoms with van der Waals surface area (Å²) in [7, 11) is 0. The minimum Gasteiger partial charge on any atom is -0.506 e. The number of aromatic hydroxyl groups is 1. The van der Waals surface area contributed by atoms with Crippen LogP contribution in [0, 0.1) is 0 Å². The third kappa shape index (κ3) is 3.29. The van der Waals surface area contributed by atoms with Gasteiger partial charge in [0, 0.05) is 29.5 Å². The Morgan fingerprint density at radius 3 is 2.67 bits per heavy atom. The molecule has 0 aliphatic carbocycles. The molecule has 110 valence electrons. The van der Waals surface area contributed by atoms with E-state index in [1.54, 1.807) is 18.2 Å². The van der Waals surface area contributed by atoms with Crippen molar-refractivity contribution < 1.29 is 14.7 Å². The molecule has 0 aliphatic heterocycles. The van der Waals surface area contributed by atoms with Crippen molar-refractivity contribution in [3.8, 4) is 5.75 Å². The smallest absolute Gasteiger partial charge is 0.255 e. The second-order valence-electron chi connectivity index (χ2n) is 4.53. The molecule has 2 aromatic rings. The average Bonchev–Trinajstić information content (AvgIpc) is 2.50. The SMILES string of the molecule is Nc1cc(C(=O)NCCNCC=O)c(O)c2ccccc12. The van der Waals surface area contributed by atoms with E-state index < -0.39 is 5.91 Å². The fourth-order valence-corrected chi connectivity index (χ4v) is 2.08. The Hall–Kier alpha value is -2.60.